The Bertz CT molecular complexity index is 355. The van der Waals surface area contributed by atoms with Crippen LogP contribution in [0.4, 0.5) is 9.59 Å². The Balaban J connectivity index is 2.64. The van der Waals surface area contributed by atoms with Crippen molar-refractivity contribution in [2.75, 3.05) is 13.2 Å². The predicted octanol–water partition coefficient (Wildman–Crippen LogP) is 2.56. The van der Waals surface area contributed by atoms with E-state index < -0.39 is 24.1 Å². The first-order valence-electron chi connectivity index (χ1n) is 6.71. The zero-order valence-corrected chi connectivity index (χ0v) is 11.7. The summed E-state index contributed by atoms with van der Waals surface area (Å²) < 4.78 is 9.57. The van der Waals surface area contributed by atoms with Crippen LogP contribution in [0.2, 0.25) is 0 Å². The summed E-state index contributed by atoms with van der Waals surface area (Å²) in [4.78, 5) is 35.7. The number of imide groups is 1. The van der Waals surface area contributed by atoms with Gasteiger partial charge in [0.25, 0.3) is 0 Å². The van der Waals surface area contributed by atoms with Gasteiger partial charge in [0.1, 0.15) is 0 Å². The number of rotatable bonds is 5. The molecule has 0 spiro atoms. The molecule has 0 bridgehead atoms. The fourth-order valence-electron chi connectivity index (χ4n) is 1.79. The van der Waals surface area contributed by atoms with E-state index in [0.29, 0.717) is 0 Å². The average Bonchev–Trinajstić information content (AvgIpc) is 2.38. The molecule has 1 rings (SSSR count). The van der Waals surface area contributed by atoms with Gasteiger partial charge in [0.2, 0.25) is 0 Å². The van der Waals surface area contributed by atoms with Crippen molar-refractivity contribution in [1.29, 1.82) is 0 Å². The summed E-state index contributed by atoms with van der Waals surface area (Å²) in [5, 5.41) is 0. The maximum absolute atomic E-state index is 11.7. The Labute approximate surface area is 113 Å². The SMILES string of the molecule is CCCCOC(=O)N1CC(C(C)CC)C(=O)OC1=O. The van der Waals surface area contributed by atoms with Gasteiger partial charge in [-0.3, -0.25) is 4.79 Å². The van der Waals surface area contributed by atoms with Crippen molar-refractivity contribution in [3.8, 4) is 0 Å². The van der Waals surface area contributed by atoms with Gasteiger partial charge in [-0.1, -0.05) is 33.6 Å². The molecule has 1 saturated heterocycles. The Morgan fingerprint density at radius 2 is 2.16 bits per heavy atom. The van der Waals surface area contributed by atoms with Crippen molar-refractivity contribution in [3.05, 3.63) is 0 Å². The monoisotopic (exact) mass is 271 g/mol. The lowest BCUT2D eigenvalue weighted by atomic mass is 9.91. The molecule has 1 aliphatic rings. The van der Waals surface area contributed by atoms with Gasteiger partial charge in [0.05, 0.1) is 12.5 Å². The van der Waals surface area contributed by atoms with Crippen LogP contribution in [0, 0.1) is 11.8 Å². The molecule has 6 nitrogen and oxygen atoms in total. The molecule has 0 radical (unpaired) electrons. The largest absolute Gasteiger partial charge is 0.449 e. The minimum absolute atomic E-state index is 0.0393. The first-order valence-corrected chi connectivity index (χ1v) is 6.71. The highest BCUT2D eigenvalue weighted by Gasteiger charge is 2.40. The standard InChI is InChI=1S/C13H21NO5/c1-4-6-7-18-12(16)14-8-10(9(3)5-2)11(15)19-13(14)17/h9-10H,4-8H2,1-3H3. The summed E-state index contributed by atoms with van der Waals surface area (Å²) in [7, 11) is 0. The lowest BCUT2D eigenvalue weighted by Crippen LogP contribution is -2.50. The molecule has 1 fully saturated rings. The Hall–Kier alpha value is -1.59. The molecule has 0 aromatic rings. The normalized spacial score (nSPS) is 21.0. The van der Waals surface area contributed by atoms with Crippen molar-refractivity contribution in [2.24, 2.45) is 11.8 Å². The number of amides is 2. The van der Waals surface area contributed by atoms with E-state index in [0.717, 1.165) is 24.2 Å². The van der Waals surface area contributed by atoms with E-state index in [-0.39, 0.29) is 19.1 Å². The molecule has 2 unspecified atom stereocenters. The van der Waals surface area contributed by atoms with E-state index in [4.69, 9.17) is 4.74 Å². The summed E-state index contributed by atoms with van der Waals surface area (Å²) in [6.45, 7) is 6.11. The van der Waals surface area contributed by atoms with Gasteiger partial charge >= 0.3 is 18.2 Å². The Kier molecular flexibility index (Phi) is 5.79. The predicted molar refractivity (Wildman–Crippen MR) is 67.4 cm³/mol. The zero-order valence-electron chi connectivity index (χ0n) is 11.7. The average molecular weight is 271 g/mol. The molecular formula is C13H21NO5. The van der Waals surface area contributed by atoms with Gasteiger partial charge < -0.3 is 9.47 Å². The summed E-state index contributed by atoms with van der Waals surface area (Å²) in [6.07, 6.45) is 0.728. The highest BCUT2D eigenvalue weighted by Crippen LogP contribution is 2.23. The maximum Gasteiger partial charge on any atom is 0.427 e. The van der Waals surface area contributed by atoms with Crippen molar-refractivity contribution >= 4 is 18.2 Å². The van der Waals surface area contributed by atoms with Crippen LogP contribution in [0.15, 0.2) is 0 Å². The minimum Gasteiger partial charge on any atom is -0.449 e. The van der Waals surface area contributed by atoms with Crippen molar-refractivity contribution in [1.82, 2.24) is 4.90 Å². The summed E-state index contributed by atoms with van der Waals surface area (Å²) in [5.41, 5.74) is 0. The highest BCUT2D eigenvalue weighted by atomic mass is 16.6. The van der Waals surface area contributed by atoms with Crippen LogP contribution in [-0.4, -0.2) is 36.2 Å². The van der Waals surface area contributed by atoms with E-state index in [9.17, 15) is 14.4 Å². The summed E-state index contributed by atoms with van der Waals surface area (Å²) in [6, 6.07) is 0. The molecule has 0 saturated carbocycles. The molecular weight excluding hydrogens is 250 g/mol. The lowest BCUT2D eigenvalue weighted by Gasteiger charge is -2.31. The molecule has 19 heavy (non-hydrogen) atoms. The van der Waals surface area contributed by atoms with Gasteiger partial charge in [-0.2, -0.15) is 0 Å². The summed E-state index contributed by atoms with van der Waals surface area (Å²) in [5.74, 6) is -0.982. The fourth-order valence-corrected chi connectivity index (χ4v) is 1.79. The number of hydrogen-bond donors (Lipinski definition) is 0. The second kappa shape index (κ2) is 7.11. The van der Waals surface area contributed by atoms with Crippen molar-refractivity contribution < 1.29 is 23.9 Å². The van der Waals surface area contributed by atoms with Gasteiger partial charge in [-0.25, -0.2) is 14.5 Å². The zero-order chi connectivity index (χ0) is 14.4. The third kappa shape index (κ3) is 3.94. The minimum atomic E-state index is -0.939. The van der Waals surface area contributed by atoms with E-state index in [1.807, 2.05) is 20.8 Å². The topological polar surface area (TPSA) is 72.9 Å². The number of carbonyl (C=O) groups excluding carboxylic acids is 3. The number of hydrogen-bond acceptors (Lipinski definition) is 5. The second-order valence-electron chi connectivity index (χ2n) is 4.76. The molecule has 6 heteroatoms. The third-order valence-electron chi connectivity index (χ3n) is 3.36. The second-order valence-corrected chi connectivity index (χ2v) is 4.76. The van der Waals surface area contributed by atoms with Crippen molar-refractivity contribution in [2.45, 2.75) is 40.0 Å². The molecule has 108 valence electrons. The fraction of sp³-hybridized carbons (Fsp3) is 0.769. The molecule has 0 aromatic carbocycles. The van der Waals surface area contributed by atoms with Crippen LogP contribution in [-0.2, 0) is 14.3 Å². The molecule has 2 amide bonds. The Morgan fingerprint density at radius 1 is 1.47 bits per heavy atom. The van der Waals surface area contributed by atoms with Crippen LogP contribution in [0.3, 0.4) is 0 Å². The number of nitrogens with zero attached hydrogens (tertiary/aromatic N) is 1. The first kappa shape index (κ1) is 15.5. The number of carbonyl (C=O) groups is 3. The molecule has 1 aliphatic heterocycles. The van der Waals surface area contributed by atoms with E-state index in [1.165, 1.54) is 0 Å². The van der Waals surface area contributed by atoms with Gasteiger partial charge in [0, 0.05) is 6.54 Å². The van der Waals surface area contributed by atoms with Gasteiger partial charge in [-0.05, 0) is 12.3 Å². The molecule has 0 aromatic heterocycles. The molecule has 1 heterocycles. The number of unbranched alkanes of at least 4 members (excludes halogenated alkanes) is 1. The van der Waals surface area contributed by atoms with Crippen LogP contribution in [0.25, 0.3) is 0 Å². The van der Waals surface area contributed by atoms with Crippen LogP contribution in [0.1, 0.15) is 40.0 Å². The Morgan fingerprint density at radius 3 is 2.74 bits per heavy atom. The lowest BCUT2D eigenvalue weighted by molar-refractivity contribution is -0.148. The molecule has 0 aliphatic carbocycles. The maximum atomic E-state index is 11.7. The first-order chi connectivity index (χ1) is 9.01. The third-order valence-corrected chi connectivity index (χ3v) is 3.36. The van der Waals surface area contributed by atoms with Gasteiger partial charge in [0.15, 0.2) is 0 Å². The number of esters is 1. The highest BCUT2D eigenvalue weighted by molar-refractivity contribution is 5.97. The number of ether oxygens (including phenoxy) is 2. The summed E-state index contributed by atoms with van der Waals surface area (Å²) >= 11 is 0. The van der Waals surface area contributed by atoms with Gasteiger partial charge in [-0.15, -0.1) is 0 Å². The van der Waals surface area contributed by atoms with Crippen LogP contribution >= 0.6 is 0 Å². The smallest absolute Gasteiger partial charge is 0.427 e. The molecule has 0 N–H and O–H groups in total. The van der Waals surface area contributed by atoms with E-state index in [1.54, 1.807) is 0 Å². The van der Waals surface area contributed by atoms with E-state index >= 15 is 0 Å². The van der Waals surface area contributed by atoms with Crippen LogP contribution in [0.5, 0.6) is 0 Å². The number of cyclic esters (lactones) is 2. The van der Waals surface area contributed by atoms with Crippen molar-refractivity contribution in [3.63, 3.8) is 0 Å². The van der Waals surface area contributed by atoms with E-state index in [2.05, 4.69) is 4.74 Å². The van der Waals surface area contributed by atoms with Crippen LogP contribution < -0.4 is 0 Å². The quantitative estimate of drug-likeness (QED) is 0.436. The molecule has 2 atom stereocenters.